The highest BCUT2D eigenvalue weighted by atomic mass is 32.1. The van der Waals surface area contributed by atoms with Gasteiger partial charge in [-0.1, -0.05) is 0 Å². The van der Waals surface area contributed by atoms with Crippen molar-refractivity contribution in [3.05, 3.63) is 18.3 Å². The van der Waals surface area contributed by atoms with Crippen molar-refractivity contribution in [3.8, 4) is 0 Å². The van der Waals surface area contributed by atoms with Crippen molar-refractivity contribution in [1.29, 1.82) is 0 Å². The lowest BCUT2D eigenvalue weighted by Crippen LogP contribution is -2.47. The molecule has 21 heavy (non-hydrogen) atoms. The van der Waals surface area contributed by atoms with Crippen molar-refractivity contribution in [2.45, 2.75) is 0 Å². The summed E-state index contributed by atoms with van der Waals surface area (Å²) < 4.78 is 5.36. The van der Waals surface area contributed by atoms with Gasteiger partial charge in [-0.3, -0.25) is 0 Å². The van der Waals surface area contributed by atoms with Gasteiger partial charge in [0.05, 0.1) is 25.1 Å². The van der Waals surface area contributed by atoms with E-state index in [0.29, 0.717) is 0 Å². The van der Waals surface area contributed by atoms with Gasteiger partial charge in [-0.2, -0.15) is 0 Å². The lowest BCUT2D eigenvalue weighted by atomic mass is 10.3. The second kappa shape index (κ2) is 7.02. The van der Waals surface area contributed by atoms with Gasteiger partial charge in [-0.05, 0) is 24.4 Å². The number of ether oxygens (including phenoxy) is 1. The first-order chi connectivity index (χ1) is 10.3. The highest BCUT2D eigenvalue weighted by molar-refractivity contribution is 7.80. The highest BCUT2D eigenvalue weighted by Gasteiger charge is 2.14. The topological polar surface area (TPSA) is 52.7 Å². The van der Waals surface area contributed by atoms with E-state index in [2.05, 4.69) is 25.4 Å². The van der Waals surface area contributed by atoms with E-state index >= 15 is 0 Å². The molecular weight excluding hydrogens is 286 g/mol. The minimum Gasteiger partial charge on any atom is -0.378 e. The first kappa shape index (κ1) is 14.5. The van der Waals surface area contributed by atoms with E-state index in [-0.39, 0.29) is 0 Å². The largest absolute Gasteiger partial charge is 0.378 e. The van der Waals surface area contributed by atoms with Crippen LogP contribution in [0.4, 0.5) is 11.5 Å². The summed E-state index contributed by atoms with van der Waals surface area (Å²) in [5, 5.41) is 7.36. The van der Waals surface area contributed by atoms with Crippen LogP contribution in [0.5, 0.6) is 0 Å². The average molecular weight is 307 g/mol. The Hall–Kier alpha value is -1.44. The normalized spacial score (nSPS) is 19.4. The lowest BCUT2D eigenvalue weighted by Gasteiger charge is -2.30. The van der Waals surface area contributed by atoms with Crippen LogP contribution in [0.3, 0.4) is 0 Å². The molecule has 0 amide bonds. The van der Waals surface area contributed by atoms with Gasteiger partial charge in [0, 0.05) is 39.3 Å². The molecule has 2 fully saturated rings. The van der Waals surface area contributed by atoms with E-state index in [0.717, 1.165) is 69.1 Å². The molecule has 6 nitrogen and oxygen atoms in total. The number of rotatable bonds is 2. The lowest BCUT2D eigenvalue weighted by molar-refractivity contribution is 0.122. The number of piperazine rings is 1. The van der Waals surface area contributed by atoms with Gasteiger partial charge in [0.15, 0.2) is 5.11 Å². The van der Waals surface area contributed by atoms with Gasteiger partial charge in [0.1, 0.15) is 5.82 Å². The van der Waals surface area contributed by atoms with Gasteiger partial charge < -0.3 is 25.2 Å². The van der Waals surface area contributed by atoms with Crippen molar-refractivity contribution >= 4 is 28.8 Å². The minimum atomic E-state index is 0.773. The Bertz CT molecular complexity index is 469. The fourth-order valence-electron chi connectivity index (χ4n) is 2.51. The van der Waals surface area contributed by atoms with Gasteiger partial charge in [0.25, 0.3) is 0 Å². The maximum atomic E-state index is 5.45. The summed E-state index contributed by atoms with van der Waals surface area (Å²) in [6.07, 6.45) is 1.85. The number of pyridine rings is 1. The molecule has 3 heterocycles. The molecule has 2 N–H and O–H groups in total. The number of hydrogen-bond acceptors (Lipinski definition) is 5. The van der Waals surface area contributed by atoms with Crippen LogP contribution in [-0.4, -0.2) is 67.5 Å². The van der Waals surface area contributed by atoms with E-state index < -0.39 is 0 Å². The maximum absolute atomic E-state index is 5.45. The van der Waals surface area contributed by atoms with Crippen molar-refractivity contribution in [1.82, 2.24) is 15.2 Å². The van der Waals surface area contributed by atoms with Crippen LogP contribution in [0, 0.1) is 0 Å². The smallest absolute Gasteiger partial charge is 0.173 e. The number of thiocarbonyl (C=S) groups is 1. The van der Waals surface area contributed by atoms with Gasteiger partial charge in [0.2, 0.25) is 0 Å². The van der Waals surface area contributed by atoms with E-state index in [1.165, 1.54) is 0 Å². The fourth-order valence-corrected chi connectivity index (χ4v) is 2.81. The molecule has 0 spiro atoms. The zero-order valence-corrected chi connectivity index (χ0v) is 12.9. The second-order valence-corrected chi connectivity index (χ2v) is 5.56. The monoisotopic (exact) mass is 307 g/mol. The second-order valence-electron chi connectivity index (χ2n) is 5.17. The van der Waals surface area contributed by atoms with Crippen molar-refractivity contribution < 1.29 is 4.74 Å². The summed E-state index contributed by atoms with van der Waals surface area (Å²) in [5.74, 6) is 0.997. The zero-order valence-electron chi connectivity index (χ0n) is 12.0. The molecule has 0 aliphatic carbocycles. The summed E-state index contributed by atoms with van der Waals surface area (Å²) in [6, 6.07) is 4.07. The first-order valence-electron chi connectivity index (χ1n) is 7.38. The Labute approximate surface area is 130 Å². The number of hydrogen-bond donors (Lipinski definition) is 2. The molecule has 0 bridgehead atoms. The fraction of sp³-hybridized carbons (Fsp3) is 0.571. The van der Waals surface area contributed by atoms with Gasteiger partial charge >= 0.3 is 0 Å². The van der Waals surface area contributed by atoms with E-state index in [9.17, 15) is 0 Å². The van der Waals surface area contributed by atoms with Gasteiger partial charge in [-0.25, -0.2) is 4.98 Å². The Morgan fingerprint density at radius 2 is 1.95 bits per heavy atom. The molecule has 1 aromatic heterocycles. The molecule has 3 rings (SSSR count). The molecule has 0 unspecified atom stereocenters. The highest BCUT2D eigenvalue weighted by Crippen LogP contribution is 2.15. The van der Waals surface area contributed by atoms with E-state index in [4.69, 9.17) is 17.0 Å². The molecule has 114 valence electrons. The number of anilines is 2. The summed E-state index contributed by atoms with van der Waals surface area (Å²) >= 11 is 5.45. The molecular formula is C14H21N5OS. The maximum Gasteiger partial charge on any atom is 0.173 e. The predicted molar refractivity (Wildman–Crippen MR) is 87.9 cm³/mol. The number of aromatic nitrogens is 1. The Morgan fingerprint density at radius 3 is 2.62 bits per heavy atom. The molecule has 0 aromatic carbocycles. The molecule has 2 aliphatic rings. The van der Waals surface area contributed by atoms with Crippen LogP contribution >= 0.6 is 12.2 Å². The number of morpholine rings is 1. The Morgan fingerprint density at radius 1 is 1.19 bits per heavy atom. The molecule has 0 radical (unpaired) electrons. The quantitative estimate of drug-likeness (QED) is 0.773. The van der Waals surface area contributed by atoms with Gasteiger partial charge in [-0.15, -0.1) is 0 Å². The Balaban J connectivity index is 1.57. The summed E-state index contributed by atoms with van der Waals surface area (Å²) in [4.78, 5) is 8.94. The summed E-state index contributed by atoms with van der Waals surface area (Å²) in [6.45, 7) is 7.21. The number of nitrogens with zero attached hydrogens (tertiary/aromatic N) is 3. The van der Waals surface area contributed by atoms with Crippen LogP contribution in [0.25, 0.3) is 0 Å². The molecule has 7 heteroatoms. The molecule has 0 saturated carbocycles. The first-order valence-corrected chi connectivity index (χ1v) is 7.79. The van der Waals surface area contributed by atoms with Crippen molar-refractivity contribution in [2.24, 2.45) is 0 Å². The van der Waals surface area contributed by atoms with Crippen molar-refractivity contribution in [3.63, 3.8) is 0 Å². The molecule has 1 aromatic rings. The third kappa shape index (κ3) is 3.81. The summed E-state index contributed by atoms with van der Waals surface area (Å²) in [5.41, 5.74) is 0.940. The molecule has 0 atom stereocenters. The van der Waals surface area contributed by atoms with E-state index in [1.807, 2.05) is 18.3 Å². The van der Waals surface area contributed by atoms with Crippen LogP contribution in [-0.2, 0) is 4.74 Å². The third-order valence-electron chi connectivity index (χ3n) is 3.74. The summed E-state index contributed by atoms with van der Waals surface area (Å²) in [7, 11) is 0. The number of nitrogens with one attached hydrogen (secondary N) is 2. The predicted octanol–water partition coefficient (Wildman–Crippen LogP) is 0.520. The Kier molecular flexibility index (Phi) is 4.84. The molecule has 2 saturated heterocycles. The standard InChI is InChI=1S/C14H21N5OS/c21-14(19-5-3-15-4-6-19)17-12-1-2-13(16-11-12)18-7-9-20-10-8-18/h1-2,11,15H,3-10H2,(H,17,21). The average Bonchev–Trinajstić information content (AvgIpc) is 2.57. The van der Waals surface area contributed by atoms with Crippen molar-refractivity contribution in [2.75, 3.05) is 62.7 Å². The van der Waals surface area contributed by atoms with Crippen LogP contribution < -0.4 is 15.5 Å². The minimum absolute atomic E-state index is 0.773. The van der Waals surface area contributed by atoms with Crippen LogP contribution in [0.1, 0.15) is 0 Å². The molecule has 2 aliphatic heterocycles. The zero-order chi connectivity index (χ0) is 14.5. The van der Waals surface area contributed by atoms with E-state index in [1.54, 1.807) is 0 Å². The third-order valence-corrected chi connectivity index (χ3v) is 4.10. The van der Waals surface area contributed by atoms with Crippen LogP contribution in [0.2, 0.25) is 0 Å². The van der Waals surface area contributed by atoms with Crippen LogP contribution in [0.15, 0.2) is 18.3 Å². The SMILES string of the molecule is S=C(Nc1ccc(N2CCOCC2)nc1)N1CCNCC1.